The molecule has 0 bridgehead atoms. The van der Waals surface area contributed by atoms with Crippen molar-refractivity contribution in [3.05, 3.63) is 48.2 Å². The molecule has 0 spiro atoms. The van der Waals surface area contributed by atoms with Crippen molar-refractivity contribution in [1.82, 2.24) is 15.1 Å². The maximum atomic E-state index is 12.1. The molecule has 3 rings (SSSR count). The number of rotatable bonds is 5. The van der Waals surface area contributed by atoms with E-state index in [1.807, 2.05) is 47.3 Å². The molecule has 0 aliphatic carbocycles. The highest BCUT2D eigenvalue weighted by Crippen LogP contribution is 2.16. The number of benzene rings is 1. The Kier molecular flexibility index (Phi) is 4.50. The second-order valence-corrected chi connectivity index (χ2v) is 5.61. The van der Waals surface area contributed by atoms with E-state index < -0.39 is 6.04 Å². The molecule has 1 aliphatic rings. The number of nitrogens with two attached hydrogens (primary N) is 1. The maximum Gasteiger partial charge on any atom is 0.242 e. The van der Waals surface area contributed by atoms with Gasteiger partial charge in [-0.3, -0.25) is 9.48 Å². The van der Waals surface area contributed by atoms with E-state index in [9.17, 15) is 4.79 Å². The maximum absolute atomic E-state index is 12.1. The van der Waals surface area contributed by atoms with Crippen molar-refractivity contribution >= 4 is 11.7 Å². The van der Waals surface area contributed by atoms with Crippen molar-refractivity contribution < 1.29 is 4.79 Å². The van der Waals surface area contributed by atoms with Crippen LogP contribution in [0.25, 0.3) is 0 Å². The molecule has 6 nitrogen and oxygen atoms in total. The van der Waals surface area contributed by atoms with Crippen LogP contribution >= 0.6 is 0 Å². The average Bonchev–Trinajstić information content (AvgIpc) is 3.19. The van der Waals surface area contributed by atoms with Gasteiger partial charge < -0.3 is 16.4 Å². The zero-order valence-electron chi connectivity index (χ0n) is 12.4. The summed E-state index contributed by atoms with van der Waals surface area (Å²) in [5.41, 5.74) is 7.02. The molecule has 1 saturated heterocycles. The Labute approximate surface area is 129 Å². The van der Waals surface area contributed by atoms with Crippen LogP contribution in [0.4, 0.5) is 5.82 Å². The Bertz CT molecular complexity index is 618. The topological polar surface area (TPSA) is 85.0 Å². The number of carbonyl (C=O) groups excluding carboxylic acids is 1. The summed E-state index contributed by atoms with van der Waals surface area (Å²) in [6, 6.07) is 11.4. The average molecular weight is 299 g/mol. The lowest BCUT2D eigenvalue weighted by Gasteiger charge is -2.11. The normalized spacial score (nSPS) is 19.0. The first-order chi connectivity index (χ1) is 10.7. The van der Waals surface area contributed by atoms with Crippen LogP contribution in [0.15, 0.2) is 42.6 Å². The van der Waals surface area contributed by atoms with Gasteiger partial charge in [0.15, 0.2) is 5.82 Å². The Morgan fingerprint density at radius 1 is 1.41 bits per heavy atom. The predicted octanol–water partition coefficient (Wildman–Crippen LogP) is 0.926. The number of nitrogens with zero attached hydrogens (tertiary/aromatic N) is 2. The molecule has 116 valence electrons. The lowest BCUT2D eigenvalue weighted by Crippen LogP contribution is -2.37. The molecular formula is C16H21N5O. The Hall–Kier alpha value is -2.18. The molecule has 1 aromatic carbocycles. The van der Waals surface area contributed by atoms with Crippen LogP contribution in [0.2, 0.25) is 0 Å². The van der Waals surface area contributed by atoms with Crippen LogP contribution < -0.4 is 16.4 Å². The van der Waals surface area contributed by atoms with Crippen LogP contribution in [0.5, 0.6) is 0 Å². The van der Waals surface area contributed by atoms with Gasteiger partial charge in [0.25, 0.3) is 0 Å². The number of nitrogens with one attached hydrogen (secondary N) is 2. The summed E-state index contributed by atoms with van der Waals surface area (Å²) in [5, 5.41) is 10.5. The van der Waals surface area contributed by atoms with Crippen molar-refractivity contribution in [2.24, 2.45) is 5.73 Å². The predicted molar refractivity (Wildman–Crippen MR) is 85.5 cm³/mol. The van der Waals surface area contributed by atoms with Crippen molar-refractivity contribution in [1.29, 1.82) is 0 Å². The second kappa shape index (κ2) is 6.72. The van der Waals surface area contributed by atoms with E-state index in [0.717, 1.165) is 25.1 Å². The van der Waals surface area contributed by atoms with Gasteiger partial charge >= 0.3 is 0 Å². The monoisotopic (exact) mass is 299 g/mol. The standard InChI is InChI=1S/C16H21N5O/c17-14(10-12-4-2-1-3-5-12)16(22)19-15-7-9-21(20-15)13-6-8-18-11-13/h1-5,7,9,13-14,18H,6,8,10-11,17H2,(H,19,20,22)/t13?,14-/m0/s1. The number of hydrogen-bond acceptors (Lipinski definition) is 4. The molecule has 2 atom stereocenters. The SMILES string of the molecule is N[C@@H](Cc1ccccc1)C(=O)Nc1ccn(C2CCNC2)n1. The lowest BCUT2D eigenvalue weighted by atomic mass is 10.1. The molecule has 4 N–H and O–H groups in total. The van der Waals surface area contributed by atoms with Crippen LogP contribution in [0.1, 0.15) is 18.0 Å². The number of anilines is 1. The minimum absolute atomic E-state index is 0.210. The smallest absolute Gasteiger partial charge is 0.242 e. The largest absolute Gasteiger partial charge is 0.320 e. The van der Waals surface area contributed by atoms with Gasteiger partial charge in [-0.2, -0.15) is 5.10 Å². The Morgan fingerprint density at radius 3 is 2.95 bits per heavy atom. The van der Waals surface area contributed by atoms with Crippen molar-refractivity contribution in [3.63, 3.8) is 0 Å². The summed E-state index contributed by atoms with van der Waals surface area (Å²) in [4.78, 5) is 12.1. The molecule has 22 heavy (non-hydrogen) atoms. The third-order valence-electron chi connectivity index (χ3n) is 3.90. The number of aromatic nitrogens is 2. The fraction of sp³-hybridized carbons (Fsp3) is 0.375. The van der Waals surface area contributed by atoms with E-state index in [1.54, 1.807) is 0 Å². The number of carbonyl (C=O) groups is 1. The molecule has 2 heterocycles. The number of hydrogen-bond donors (Lipinski definition) is 3. The van der Waals surface area contributed by atoms with Crippen molar-refractivity contribution in [2.45, 2.75) is 24.9 Å². The van der Waals surface area contributed by atoms with Gasteiger partial charge in [0.05, 0.1) is 12.1 Å². The summed E-state index contributed by atoms with van der Waals surface area (Å²) in [6.07, 6.45) is 3.47. The molecule has 0 saturated carbocycles. The molecule has 2 aromatic rings. The third-order valence-corrected chi connectivity index (χ3v) is 3.90. The fourth-order valence-corrected chi connectivity index (χ4v) is 2.65. The summed E-state index contributed by atoms with van der Waals surface area (Å²) in [7, 11) is 0. The first-order valence-electron chi connectivity index (χ1n) is 7.58. The summed E-state index contributed by atoms with van der Waals surface area (Å²) in [5.74, 6) is 0.346. The van der Waals surface area contributed by atoms with E-state index in [2.05, 4.69) is 15.7 Å². The quantitative estimate of drug-likeness (QED) is 0.766. The molecule has 1 amide bonds. The summed E-state index contributed by atoms with van der Waals surface area (Å²) < 4.78 is 1.90. The highest BCUT2D eigenvalue weighted by Gasteiger charge is 2.19. The van der Waals surface area contributed by atoms with Gasteiger partial charge in [0, 0.05) is 18.8 Å². The second-order valence-electron chi connectivity index (χ2n) is 5.61. The molecule has 6 heteroatoms. The third kappa shape index (κ3) is 3.52. The van der Waals surface area contributed by atoms with Gasteiger partial charge in [-0.15, -0.1) is 0 Å². The Balaban J connectivity index is 1.57. The van der Waals surface area contributed by atoms with Crippen LogP contribution in [-0.2, 0) is 11.2 Å². The molecular weight excluding hydrogens is 278 g/mol. The van der Waals surface area contributed by atoms with Gasteiger partial charge in [-0.1, -0.05) is 30.3 Å². The van der Waals surface area contributed by atoms with Crippen molar-refractivity contribution in [2.75, 3.05) is 18.4 Å². The molecule has 1 aliphatic heterocycles. The zero-order valence-corrected chi connectivity index (χ0v) is 12.4. The van der Waals surface area contributed by atoms with E-state index in [1.165, 1.54) is 0 Å². The first-order valence-corrected chi connectivity index (χ1v) is 7.58. The highest BCUT2D eigenvalue weighted by atomic mass is 16.2. The van der Waals surface area contributed by atoms with Gasteiger partial charge in [-0.05, 0) is 24.9 Å². The van der Waals surface area contributed by atoms with Crippen LogP contribution in [-0.4, -0.2) is 34.8 Å². The lowest BCUT2D eigenvalue weighted by molar-refractivity contribution is -0.117. The molecule has 1 unspecified atom stereocenters. The summed E-state index contributed by atoms with van der Waals surface area (Å²) >= 11 is 0. The Morgan fingerprint density at radius 2 is 2.23 bits per heavy atom. The first kappa shape index (κ1) is 14.7. The molecule has 1 fully saturated rings. The van der Waals surface area contributed by atoms with E-state index in [0.29, 0.717) is 18.3 Å². The minimum atomic E-state index is -0.583. The summed E-state index contributed by atoms with van der Waals surface area (Å²) in [6.45, 7) is 1.93. The number of amides is 1. The van der Waals surface area contributed by atoms with Crippen LogP contribution in [0, 0.1) is 0 Å². The highest BCUT2D eigenvalue weighted by molar-refractivity contribution is 5.94. The molecule has 0 radical (unpaired) electrons. The van der Waals surface area contributed by atoms with E-state index in [-0.39, 0.29) is 5.91 Å². The van der Waals surface area contributed by atoms with Gasteiger partial charge in [0.2, 0.25) is 5.91 Å². The van der Waals surface area contributed by atoms with E-state index in [4.69, 9.17) is 5.73 Å². The van der Waals surface area contributed by atoms with Crippen molar-refractivity contribution in [3.8, 4) is 0 Å². The van der Waals surface area contributed by atoms with Gasteiger partial charge in [-0.25, -0.2) is 0 Å². The minimum Gasteiger partial charge on any atom is -0.320 e. The van der Waals surface area contributed by atoms with Crippen LogP contribution in [0.3, 0.4) is 0 Å². The fourth-order valence-electron chi connectivity index (χ4n) is 2.65. The van der Waals surface area contributed by atoms with Gasteiger partial charge in [0.1, 0.15) is 0 Å². The molecule has 1 aromatic heterocycles. The zero-order chi connectivity index (χ0) is 15.4. The van der Waals surface area contributed by atoms with E-state index >= 15 is 0 Å².